The molecule has 0 radical (unpaired) electrons. The van der Waals surface area contributed by atoms with Gasteiger partial charge < -0.3 is 15.2 Å². The van der Waals surface area contributed by atoms with E-state index in [1.165, 1.54) is 7.11 Å². The van der Waals surface area contributed by atoms with Gasteiger partial charge in [-0.2, -0.15) is 5.10 Å². The molecule has 1 heterocycles. The quantitative estimate of drug-likeness (QED) is 0.719. The van der Waals surface area contributed by atoms with Gasteiger partial charge in [0, 0.05) is 5.56 Å². The lowest BCUT2D eigenvalue weighted by Crippen LogP contribution is -2.13. The number of ether oxygens (including phenoxy) is 2. The molecule has 0 saturated heterocycles. The summed E-state index contributed by atoms with van der Waals surface area (Å²) in [5, 5.41) is 4.93. The number of aromatic nitrogens is 2. The summed E-state index contributed by atoms with van der Waals surface area (Å²) in [5.41, 5.74) is 8.01. The normalized spacial score (nSPS) is 10.6. The van der Waals surface area contributed by atoms with Crippen molar-refractivity contribution < 1.29 is 14.3 Å². The van der Waals surface area contributed by atoms with E-state index >= 15 is 0 Å². The van der Waals surface area contributed by atoms with Crippen LogP contribution in [0.2, 0.25) is 5.15 Å². The number of rotatable bonds is 6. The molecule has 0 bridgehead atoms. The van der Waals surface area contributed by atoms with Crippen molar-refractivity contribution >= 4 is 17.5 Å². The third-order valence-electron chi connectivity index (χ3n) is 3.95. The zero-order chi connectivity index (χ0) is 18.7. The Bertz CT molecular complexity index is 939. The van der Waals surface area contributed by atoms with Crippen LogP contribution in [0, 0.1) is 6.92 Å². The second-order valence-corrected chi connectivity index (χ2v) is 5.98. The van der Waals surface area contributed by atoms with E-state index < -0.39 is 5.91 Å². The van der Waals surface area contributed by atoms with E-state index in [-0.39, 0.29) is 12.2 Å². The number of methoxy groups -OCH3 is 1. The summed E-state index contributed by atoms with van der Waals surface area (Å²) in [5.74, 6) is 0.292. The molecule has 2 N–H and O–H groups in total. The Morgan fingerprint density at radius 3 is 2.62 bits per heavy atom. The molecule has 7 heteroatoms. The summed E-state index contributed by atoms with van der Waals surface area (Å²) in [7, 11) is 1.52. The van der Waals surface area contributed by atoms with Crippen LogP contribution in [-0.4, -0.2) is 22.8 Å². The average molecular weight is 372 g/mol. The van der Waals surface area contributed by atoms with E-state index in [2.05, 4.69) is 5.10 Å². The molecule has 0 aliphatic rings. The van der Waals surface area contributed by atoms with Crippen molar-refractivity contribution in [3.05, 3.63) is 70.5 Å². The Balaban J connectivity index is 1.87. The fourth-order valence-corrected chi connectivity index (χ4v) is 2.87. The van der Waals surface area contributed by atoms with Crippen LogP contribution in [0.1, 0.15) is 21.6 Å². The first-order valence-electron chi connectivity index (χ1n) is 7.91. The number of hydrogen-bond acceptors (Lipinski definition) is 4. The minimum Gasteiger partial charge on any atom is -0.497 e. The SMILES string of the molecule is COc1ccc(OCc2c(C)nn(-c3ccccc3)c2Cl)c(C(N)=O)c1. The van der Waals surface area contributed by atoms with Gasteiger partial charge in [-0.3, -0.25) is 4.79 Å². The van der Waals surface area contributed by atoms with Crippen LogP contribution >= 0.6 is 11.6 Å². The molecule has 6 nitrogen and oxygen atoms in total. The number of hydrogen-bond donors (Lipinski definition) is 1. The summed E-state index contributed by atoms with van der Waals surface area (Å²) in [6.45, 7) is 2.01. The largest absolute Gasteiger partial charge is 0.497 e. The molecule has 1 aromatic heterocycles. The zero-order valence-electron chi connectivity index (χ0n) is 14.4. The topological polar surface area (TPSA) is 79.4 Å². The second-order valence-electron chi connectivity index (χ2n) is 5.62. The Kier molecular flexibility index (Phi) is 5.14. The first-order valence-corrected chi connectivity index (χ1v) is 8.29. The molecule has 0 aliphatic carbocycles. The van der Waals surface area contributed by atoms with Gasteiger partial charge in [0.05, 0.1) is 24.1 Å². The van der Waals surface area contributed by atoms with Crippen LogP contribution in [0.25, 0.3) is 5.69 Å². The van der Waals surface area contributed by atoms with Crippen LogP contribution in [0.5, 0.6) is 11.5 Å². The number of primary amides is 1. The predicted octanol–water partition coefficient (Wildman–Crippen LogP) is 3.52. The second kappa shape index (κ2) is 7.49. The molecule has 3 rings (SSSR count). The van der Waals surface area contributed by atoms with Crippen molar-refractivity contribution in [2.24, 2.45) is 5.73 Å². The van der Waals surface area contributed by atoms with Crippen LogP contribution in [0.3, 0.4) is 0 Å². The van der Waals surface area contributed by atoms with E-state index in [0.29, 0.717) is 16.7 Å². The molecule has 0 unspecified atom stereocenters. The maximum absolute atomic E-state index is 11.7. The molecular weight excluding hydrogens is 354 g/mol. The number of nitrogens with two attached hydrogens (primary N) is 1. The highest BCUT2D eigenvalue weighted by Gasteiger charge is 2.17. The molecule has 134 valence electrons. The van der Waals surface area contributed by atoms with Crippen molar-refractivity contribution in [3.63, 3.8) is 0 Å². The highest BCUT2D eigenvalue weighted by Crippen LogP contribution is 2.28. The van der Waals surface area contributed by atoms with Gasteiger partial charge in [0.25, 0.3) is 5.91 Å². The van der Waals surface area contributed by atoms with Gasteiger partial charge in [-0.1, -0.05) is 29.8 Å². The minimum atomic E-state index is -0.596. The van der Waals surface area contributed by atoms with Crippen molar-refractivity contribution in [1.82, 2.24) is 9.78 Å². The van der Waals surface area contributed by atoms with Gasteiger partial charge in [0.2, 0.25) is 0 Å². The van der Waals surface area contributed by atoms with Gasteiger partial charge in [-0.05, 0) is 37.3 Å². The van der Waals surface area contributed by atoms with E-state index in [1.807, 2.05) is 37.3 Å². The maximum atomic E-state index is 11.7. The summed E-state index contributed by atoms with van der Waals surface area (Å²) in [6.07, 6.45) is 0. The third-order valence-corrected chi connectivity index (χ3v) is 4.33. The fourth-order valence-electron chi connectivity index (χ4n) is 2.54. The van der Waals surface area contributed by atoms with Gasteiger partial charge in [0.15, 0.2) is 0 Å². The number of halogens is 1. The standard InChI is InChI=1S/C19H18ClN3O3/c1-12-16(18(20)23(22-12)13-6-4-3-5-7-13)11-26-17-9-8-14(25-2)10-15(17)19(21)24/h3-10H,11H2,1-2H3,(H2,21,24). The monoisotopic (exact) mass is 371 g/mol. The minimum absolute atomic E-state index is 0.157. The first-order chi connectivity index (χ1) is 12.5. The predicted molar refractivity (Wildman–Crippen MR) is 99.2 cm³/mol. The third kappa shape index (κ3) is 3.50. The number of carbonyl (C=O) groups excluding carboxylic acids is 1. The molecule has 0 aliphatic heterocycles. The van der Waals surface area contributed by atoms with Crippen LogP contribution in [0.4, 0.5) is 0 Å². The fraction of sp³-hybridized carbons (Fsp3) is 0.158. The summed E-state index contributed by atoms with van der Waals surface area (Å²) in [4.78, 5) is 11.7. The van der Waals surface area contributed by atoms with Gasteiger partial charge >= 0.3 is 0 Å². The van der Waals surface area contributed by atoms with Crippen LogP contribution in [-0.2, 0) is 6.61 Å². The van der Waals surface area contributed by atoms with Crippen molar-refractivity contribution in [2.45, 2.75) is 13.5 Å². The average Bonchev–Trinajstić information content (AvgIpc) is 2.94. The van der Waals surface area contributed by atoms with Gasteiger partial charge in [-0.15, -0.1) is 0 Å². The molecule has 0 fully saturated rings. The van der Waals surface area contributed by atoms with Gasteiger partial charge in [-0.25, -0.2) is 4.68 Å². The Hall–Kier alpha value is -2.99. The van der Waals surface area contributed by atoms with E-state index in [1.54, 1.807) is 22.9 Å². The Morgan fingerprint density at radius 2 is 1.96 bits per heavy atom. The molecule has 0 saturated carbocycles. The van der Waals surface area contributed by atoms with Gasteiger partial charge in [0.1, 0.15) is 23.3 Å². The highest BCUT2D eigenvalue weighted by molar-refractivity contribution is 6.30. The molecule has 3 aromatic rings. The molecule has 0 spiro atoms. The lowest BCUT2D eigenvalue weighted by atomic mass is 10.2. The molecule has 2 aromatic carbocycles. The number of para-hydroxylation sites is 1. The summed E-state index contributed by atoms with van der Waals surface area (Å²) < 4.78 is 12.6. The van der Waals surface area contributed by atoms with E-state index in [4.69, 9.17) is 26.8 Å². The number of aryl methyl sites for hydroxylation is 1. The number of benzene rings is 2. The molecular formula is C19H18ClN3O3. The van der Waals surface area contributed by atoms with E-state index in [0.717, 1.165) is 16.9 Å². The molecule has 0 atom stereocenters. The smallest absolute Gasteiger partial charge is 0.252 e. The van der Waals surface area contributed by atoms with Crippen molar-refractivity contribution in [2.75, 3.05) is 7.11 Å². The van der Waals surface area contributed by atoms with Crippen LogP contribution < -0.4 is 15.2 Å². The first kappa shape index (κ1) is 17.8. The number of nitrogens with zero attached hydrogens (tertiary/aromatic N) is 2. The summed E-state index contributed by atoms with van der Waals surface area (Å²) >= 11 is 6.49. The van der Waals surface area contributed by atoms with Crippen molar-refractivity contribution in [3.8, 4) is 17.2 Å². The molecule has 1 amide bonds. The Labute approximate surface area is 156 Å². The number of amides is 1. The van der Waals surface area contributed by atoms with E-state index in [9.17, 15) is 4.79 Å². The van der Waals surface area contributed by atoms with Crippen LogP contribution in [0.15, 0.2) is 48.5 Å². The highest BCUT2D eigenvalue weighted by atomic mass is 35.5. The van der Waals surface area contributed by atoms with Crippen molar-refractivity contribution in [1.29, 1.82) is 0 Å². The zero-order valence-corrected chi connectivity index (χ0v) is 15.2. The lowest BCUT2D eigenvalue weighted by Gasteiger charge is -2.11. The summed E-state index contributed by atoms with van der Waals surface area (Å²) in [6, 6.07) is 14.5. The lowest BCUT2D eigenvalue weighted by molar-refractivity contribution is 0.0995. The molecule has 26 heavy (non-hydrogen) atoms. The number of carbonyl (C=O) groups is 1. The maximum Gasteiger partial charge on any atom is 0.252 e. The Morgan fingerprint density at radius 1 is 1.23 bits per heavy atom.